The molecule has 0 bridgehead atoms. The van der Waals surface area contributed by atoms with Crippen molar-refractivity contribution in [1.29, 1.82) is 0 Å². The fraction of sp³-hybridized carbons (Fsp3) is 0.222. The predicted molar refractivity (Wildman–Crippen MR) is 93.7 cm³/mol. The molecule has 0 aromatic heterocycles. The quantitative estimate of drug-likeness (QED) is 0.717. The molecule has 1 aliphatic heterocycles. The highest BCUT2D eigenvalue weighted by Gasteiger charge is 2.48. The summed E-state index contributed by atoms with van der Waals surface area (Å²) in [6.07, 6.45) is -4.78. The lowest BCUT2D eigenvalue weighted by atomic mass is 9.92. The van der Waals surface area contributed by atoms with E-state index in [1.54, 1.807) is 31.2 Å². The van der Waals surface area contributed by atoms with Gasteiger partial charge in [-0.1, -0.05) is 40.2 Å². The van der Waals surface area contributed by atoms with E-state index in [0.29, 0.717) is 11.1 Å². The van der Waals surface area contributed by atoms with Crippen LogP contribution >= 0.6 is 15.9 Å². The summed E-state index contributed by atoms with van der Waals surface area (Å²) >= 11 is 3.34. The first-order chi connectivity index (χ1) is 12.6. The molecule has 2 aromatic rings. The van der Waals surface area contributed by atoms with Gasteiger partial charge in [-0.25, -0.2) is 4.79 Å². The van der Waals surface area contributed by atoms with E-state index in [4.69, 9.17) is 0 Å². The summed E-state index contributed by atoms with van der Waals surface area (Å²) in [6, 6.07) is 11.5. The smallest absolute Gasteiger partial charge is 0.406 e. The first kappa shape index (κ1) is 19.2. The molecule has 1 unspecified atom stereocenters. The summed E-state index contributed by atoms with van der Waals surface area (Å²) in [7, 11) is 0. The molecule has 27 heavy (non-hydrogen) atoms. The van der Waals surface area contributed by atoms with E-state index in [1.807, 2.05) is 0 Å². The van der Waals surface area contributed by atoms with E-state index in [0.717, 1.165) is 21.5 Å². The van der Waals surface area contributed by atoms with E-state index < -0.39 is 23.8 Å². The van der Waals surface area contributed by atoms with Crippen LogP contribution in [0.25, 0.3) is 0 Å². The molecule has 1 aliphatic rings. The number of hydrogen-bond acceptors (Lipinski definition) is 3. The normalized spacial score (nSPS) is 20.0. The van der Waals surface area contributed by atoms with Gasteiger partial charge in [-0.3, -0.25) is 9.69 Å². The standard InChI is InChI=1S/C18H14BrF3N2O3/c1-17(12-3-2-4-13(19)9-12)15(25)24(16(26)23-17)10-11-5-7-14(8-6-11)27-18(20,21)22/h2-9H,10H2,1H3,(H,23,26). The maximum absolute atomic E-state index is 12.9. The molecule has 1 N–H and O–H groups in total. The van der Waals surface area contributed by atoms with Crippen LogP contribution in [-0.2, 0) is 16.9 Å². The van der Waals surface area contributed by atoms with Crippen LogP contribution in [0, 0.1) is 0 Å². The van der Waals surface area contributed by atoms with Gasteiger partial charge in [0.05, 0.1) is 6.54 Å². The third-order valence-electron chi connectivity index (χ3n) is 4.17. The predicted octanol–water partition coefficient (Wildman–Crippen LogP) is 4.31. The number of rotatable bonds is 4. The lowest BCUT2D eigenvalue weighted by molar-refractivity contribution is -0.274. The number of ether oxygens (including phenoxy) is 1. The number of benzene rings is 2. The van der Waals surface area contributed by atoms with Gasteiger partial charge in [0.1, 0.15) is 11.3 Å². The number of nitrogens with one attached hydrogen (secondary N) is 1. The Morgan fingerprint density at radius 1 is 1.15 bits per heavy atom. The molecular formula is C18H14BrF3N2O3. The molecule has 1 saturated heterocycles. The highest BCUT2D eigenvalue weighted by Crippen LogP contribution is 2.31. The molecular weight excluding hydrogens is 429 g/mol. The lowest BCUT2D eigenvalue weighted by Gasteiger charge is -2.22. The number of hydrogen-bond donors (Lipinski definition) is 1. The lowest BCUT2D eigenvalue weighted by Crippen LogP contribution is -2.40. The van der Waals surface area contributed by atoms with Gasteiger partial charge in [0.25, 0.3) is 5.91 Å². The van der Waals surface area contributed by atoms with Crippen molar-refractivity contribution in [2.45, 2.75) is 25.4 Å². The van der Waals surface area contributed by atoms with Crippen molar-refractivity contribution in [2.75, 3.05) is 0 Å². The Kier molecular flexibility index (Phi) is 4.90. The van der Waals surface area contributed by atoms with Gasteiger partial charge in [-0.2, -0.15) is 0 Å². The van der Waals surface area contributed by atoms with Crippen LogP contribution in [0.2, 0.25) is 0 Å². The average Bonchev–Trinajstić information content (AvgIpc) is 2.79. The number of alkyl halides is 3. The number of nitrogens with zero attached hydrogens (tertiary/aromatic N) is 1. The van der Waals surface area contributed by atoms with E-state index >= 15 is 0 Å². The van der Waals surface area contributed by atoms with Crippen LogP contribution in [0.3, 0.4) is 0 Å². The average molecular weight is 443 g/mol. The maximum atomic E-state index is 12.9. The number of carbonyl (C=O) groups is 2. The molecule has 3 rings (SSSR count). The van der Waals surface area contributed by atoms with Crippen molar-refractivity contribution in [3.8, 4) is 5.75 Å². The minimum Gasteiger partial charge on any atom is -0.406 e. The largest absolute Gasteiger partial charge is 0.573 e. The summed E-state index contributed by atoms with van der Waals surface area (Å²) in [5.74, 6) is -0.816. The summed E-state index contributed by atoms with van der Waals surface area (Å²) in [6.45, 7) is 1.54. The molecule has 5 nitrogen and oxygen atoms in total. The van der Waals surface area contributed by atoms with Gasteiger partial charge in [0, 0.05) is 4.47 Å². The third kappa shape index (κ3) is 4.08. The second-order valence-electron chi connectivity index (χ2n) is 6.15. The highest BCUT2D eigenvalue weighted by atomic mass is 79.9. The van der Waals surface area contributed by atoms with Crippen molar-refractivity contribution >= 4 is 27.9 Å². The molecule has 142 valence electrons. The Morgan fingerprint density at radius 2 is 1.81 bits per heavy atom. The van der Waals surface area contributed by atoms with Gasteiger partial charge in [-0.15, -0.1) is 13.2 Å². The number of imide groups is 1. The van der Waals surface area contributed by atoms with Crippen molar-refractivity contribution < 1.29 is 27.5 Å². The number of carbonyl (C=O) groups excluding carboxylic acids is 2. The zero-order chi connectivity index (χ0) is 19.8. The number of amides is 3. The van der Waals surface area contributed by atoms with Gasteiger partial charge in [-0.05, 0) is 42.3 Å². The Labute approximate surface area is 161 Å². The van der Waals surface area contributed by atoms with Crippen molar-refractivity contribution in [2.24, 2.45) is 0 Å². The van der Waals surface area contributed by atoms with E-state index in [1.165, 1.54) is 12.1 Å². The molecule has 0 spiro atoms. The molecule has 0 saturated carbocycles. The first-order valence-electron chi connectivity index (χ1n) is 7.83. The van der Waals surface area contributed by atoms with E-state index in [2.05, 4.69) is 26.0 Å². The number of halogens is 4. The molecule has 9 heteroatoms. The minimum atomic E-state index is -4.78. The van der Waals surface area contributed by atoms with E-state index in [9.17, 15) is 22.8 Å². The topological polar surface area (TPSA) is 58.6 Å². The van der Waals surface area contributed by atoms with Crippen LogP contribution < -0.4 is 10.1 Å². The second kappa shape index (κ2) is 6.88. The van der Waals surface area contributed by atoms with Gasteiger partial charge < -0.3 is 10.1 Å². The van der Waals surface area contributed by atoms with Crippen molar-refractivity contribution in [1.82, 2.24) is 10.2 Å². The number of urea groups is 1. The molecule has 1 atom stereocenters. The van der Waals surface area contributed by atoms with Crippen molar-refractivity contribution in [3.63, 3.8) is 0 Å². The van der Waals surface area contributed by atoms with Crippen LogP contribution in [0.1, 0.15) is 18.1 Å². The maximum Gasteiger partial charge on any atom is 0.573 e. The Bertz CT molecular complexity index is 886. The fourth-order valence-corrected chi connectivity index (χ4v) is 3.21. The van der Waals surface area contributed by atoms with Gasteiger partial charge in [0.2, 0.25) is 0 Å². The first-order valence-corrected chi connectivity index (χ1v) is 8.63. The molecule has 3 amide bonds. The van der Waals surface area contributed by atoms with E-state index in [-0.39, 0.29) is 12.3 Å². The van der Waals surface area contributed by atoms with Gasteiger partial charge in [0.15, 0.2) is 0 Å². The van der Waals surface area contributed by atoms with Gasteiger partial charge >= 0.3 is 12.4 Å². The summed E-state index contributed by atoms with van der Waals surface area (Å²) < 4.78 is 41.2. The summed E-state index contributed by atoms with van der Waals surface area (Å²) in [4.78, 5) is 26.2. The molecule has 2 aromatic carbocycles. The Morgan fingerprint density at radius 3 is 2.41 bits per heavy atom. The summed E-state index contributed by atoms with van der Waals surface area (Å²) in [5, 5.41) is 2.68. The molecule has 1 heterocycles. The molecule has 1 fully saturated rings. The Balaban J connectivity index is 1.78. The highest BCUT2D eigenvalue weighted by molar-refractivity contribution is 9.10. The zero-order valence-corrected chi connectivity index (χ0v) is 15.6. The minimum absolute atomic E-state index is 0.0689. The van der Waals surface area contributed by atoms with Crippen LogP contribution in [-0.4, -0.2) is 23.2 Å². The van der Waals surface area contributed by atoms with Crippen molar-refractivity contribution in [3.05, 3.63) is 64.1 Å². The SMILES string of the molecule is CC1(c2cccc(Br)c2)NC(=O)N(Cc2ccc(OC(F)(F)F)cc2)C1=O. The van der Waals surface area contributed by atoms with Crippen LogP contribution in [0.4, 0.5) is 18.0 Å². The second-order valence-corrected chi connectivity index (χ2v) is 7.06. The third-order valence-corrected chi connectivity index (χ3v) is 4.67. The molecule has 0 radical (unpaired) electrons. The van der Waals surface area contributed by atoms with Crippen LogP contribution in [0.5, 0.6) is 5.75 Å². The molecule has 0 aliphatic carbocycles. The monoisotopic (exact) mass is 442 g/mol. The fourth-order valence-electron chi connectivity index (χ4n) is 2.81. The Hall–Kier alpha value is -2.55. The zero-order valence-electron chi connectivity index (χ0n) is 14.0. The summed E-state index contributed by atoms with van der Waals surface area (Å²) in [5.41, 5.74) is -0.113. The van der Waals surface area contributed by atoms with Crippen LogP contribution in [0.15, 0.2) is 53.0 Å².